The van der Waals surface area contributed by atoms with Gasteiger partial charge in [-0.2, -0.15) is 0 Å². The summed E-state index contributed by atoms with van der Waals surface area (Å²) in [7, 11) is 20.3. The standard InChI is InChI=1S/C27H26N.C21H22N.C18H24N.C17H22N.2C16H20N/c1-5-13-24(14-6-1)21-28(27-19-11-4-12-20-27,22-25-15-7-2-8-16-25)23-26-17-9-3-10-18-26;1-22(21-15-9-4-10-16-21,17-19-11-5-2-6-12-19)18-20-13-7-3-8-14-20;1-14-11-17(12-15(2)16(14)3)13-19(4,5)18-9-7-6-8-10-18;1-14-10-11-16(12-15(14)2)13-18(3,4)17-8-6-5-7-9-17;2*1-14-9-11-15(12-10-14)13-17(2,3)16-7-5-4-6-8-16/h1-20H,21-23H2;2-16H,17-18H2,1H3;6-12H,13H2,1-5H3;5-12H,13H2,1-4H3;2*4-12H,13H2,1-3H3/q6*+1. The van der Waals surface area contributed by atoms with Crippen molar-refractivity contribution in [3.8, 4) is 0 Å². The number of quaternary nitrogens is 6. The summed E-state index contributed by atoms with van der Waals surface area (Å²) < 4.78 is 5.24. The summed E-state index contributed by atoms with van der Waals surface area (Å²) in [4.78, 5) is 0. The second kappa shape index (κ2) is 44.4. The fraction of sp³-hybridized carbons (Fsp3) is 0.217. The maximum Gasteiger partial charge on any atom is 0.133 e. The van der Waals surface area contributed by atoms with Crippen LogP contribution in [0.1, 0.15) is 89.0 Å². The van der Waals surface area contributed by atoms with Crippen LogP contribution in [0.5, 0.6) is 0 Å². The van der Waals surface area contributed by atoms with Gasteiger partial charge in [-0.15, -0.1) is 0 Å². The first kappa shape index (κ1) is 91.4. The molecule has 0 heterocycles. The third-order valence-corrected chi connectivity index (χ3v) is 23.3. The van der Waals surface area contributed by atoms with E-state index in [-0.39, 0.29) is 0 Å². The predicted octanol–water partition coefficient (Wildman–Crippen LogP) is 27.6. The molecule has 0 aliphatic carbocycles. The highest BCUT2D eigenvalue weighted by atomic mass is 15.4. The highest BCUT2D eigenvalue weighted by molar-refractivity contribution is 5.50. The number of rotatable bonds is 24. The monoisotopic (exact) mass is 1600 g/mol. The average molecular weight is 1600 g/mol. The largest absolute Gasteiger partial charge is 0.292 e. The van der Waals surface area contributed by atoms with Crippen LogP contribution in [-0.2, 0) is 58.9 Å². The summed E-state index contributed by atoms with van der Waals surface area (Å²) in [5, 5.41) is 0. The van der Waals surface area contributed by atoms with Gasteiger partial charge in [-0.3, -0.25) is 26.9 Å². The Morgan fingerprint density at radius 2 is 0.364 bits per heavy atom. The Bertz CT molecular complexity index is 5200. The molecule has 6 heteroatoms. The van der Waals surface area contributed by atoms with E-state index in [1.54, 1.807) is 0 Å². The van der Waals surface area contributed by atoms with Crippen LogP contribution in [0.25, 0.3) is 0 Å². The van der Waals surface area contributed by atoms with E-state index in [0.717, 1.165) is 85.8 Å². The van der Waals surface area contributed by atoms with E-state index in [2.05, 4.69) is 524 Å². The Morgan fingerprint density at radius 1 is 0.157 bits per heavy atom. The van der Waals surface area contributed by atoms with Crippen molar-refractivity contribution in [2.24, 2.45) is 0 Å². The smallest absolute Gasteiger partial charge is 0.133 e. The quantitative estimate of drug-likeness (QED) is 0.0529. The predicted molar refractivity (Wildman–Crippen MR) is 527 cm³/mol. The molecule has 121 heavy (non-hydrogen) atoms. The molecule has 0 amide bonds. The molecule has 0 spiro atoms. The van der Waals surface area contributed by atoms with Gasteiger partial charge in [0.15, 0.2) is 0 Å². The van der Waals surface area contributed by atoms with Gasteiger partial charge in [0.2, 0.25) is 0 Å². The Hall–Kier alpha value is -11.9. The van der Waals surface area contributed by atoms with Gasteiger partial charge in [-0.05, 0) is 149 Å². The van der Waals surface area contributed by atoms with Crippen LogP contribution >= 0.6 is 0 Å². The van der Waals surface area contributed by atoms with Gasteiger partial charge in [0.05, 0.1) is 63.4 Å². The molecule has 0 saturated heterocycles. The van der Waals surface area contributed by atoms with Crippen molar-refractivity contribution >= 4 is 34.1 Å². The summed E-state index contributed by atoms with van der Waals surface area (Å²) in [6.45, 7) is 24.1. The van der Waals surface area contributed by atoms with Crippen LogP contribution in [0.3, 0.4) is 0 Å². The Morgan fingerprint density at radius 3 is 0.636 bits per heavy atom. The molecule has 0 fully saturated rings. The van der Waals surface area contributed by atoms with Crippen molar-refractivity contribution in [1.82, 2.24) is 26.9 Å². The number of benzene rings is 15. The first-order valence-electron chi connectivity index (χ1n) is 42.9. The van der Waals surface area contributed by atoms with Crippen molar-refractivity contribution in [1.29, 1.82) is 0 Å². The highest BCUT2D eigenvalue weighted by Gasteiger charge is 2.33. The highest BCUT2D eigenvalue weighted by Crippen LogP contribution is 2.34. The zero-order valence-corrected chi connectivity index (χ0v) is 75.3. The van der Waals surface area contributed by atoms with Gasteiger partial charge in [0.25, 0.3) is 0 Å². The summed E-state index contributed by atoms with van der Waals surface area (Å²) in [6.07, 6.45) is 0. The molecular weight excluding hydrogens is 1470 g/mol. The number of para-hydroxylation sites is 6. The Balaban J connectivity index is 0.000000154. The van der Waals surface area contributed by atoms with Crippen LogP contribution in [0.15, 0.2) is 413 Å². The van der Waals surface area contributed by atoms with Crippen molar-refractivity contribution in [3.05, 3.63) is 502 Å². The van der Waals surface area contributed by atoms with Crippen LogP contribution in [0.4, 0.5) is 34.1 Å². The minimum atomic E-state index is 0.860. The van der Waals surface area contributed by atoms with Gasteiger partial charge in [0.1, 0.15) is 93.0 Å². The lowest BCUT2D eigenvalue weighted by molar-refractivity contribution is 0.246. The lowest BCUT2D eigenvalue weighted by atomic mass is 10.00. The minimum Gasteiger partial charge on any atom is -0.292 e. The molecular formula is C115H134N6+6. The van der Waals surface area contributed by atoms with Crippen molar-refractivity contribution in [2.75, 3.05) is 63.4 Å². The molecule has 0 N–H and O–H groups in total. The molecule has 6 nitrogen and oxygen atoms in total. The first-order valence-corrected chi connectivity index (χ1v) is 42.9. The van der Waals surface area contributed by atoms with E-state index in [9.17, 15) is 0 Å². The molecule has 0 aromatic heterocycles. The Labute approximate surface area is 728 Å². The SMILES string of the molecule is C[N+](Cc1ccccc1)(Cc1ccccc1)c1ccccc1.Cc1cc(C[N+](C)(C)c2ccccc2)cc(C)c1C.Cc1ccc(C[N+](C)(C)c2ccccc2)cc1.Cc1ccc(C[N+](C)(C)c2ccccc2)cc1.Cc1ccc(C[N+](C)(C)c2ccccc2)cc1C.c1ccc(C[N+](Cc2ccccc2)(Cc2ccccc2)c2ccccc2)cc1. The Kier molecular flexibility index (Phi) is 33.5. The fourth-order valence-corrected chi connectivity index (χ4v) is 16.0. The zero-order chi connectivity index (χ0) is 86.1. The van der Waals surface area contributed by atoms with Crippen LogP contribution in [0.2, 0.25) is 0 Å². The van der Waals surface area contributed by atoms with Gasteiger partial charge >= 0.3 is 0 Å². The molecule has 15 aromatic carbocycles. The van der Waals surface area contributed by atoms with Crippen LogP contribution in [0, 0.1) is 48.5 Å². The molecule has 0 saturated carbocycles. The molecule has 0 atom stereocenters. The summed E-state index contributed by atoms with van der Waals surface area (Å²) in [6, 6.07) is 147. The first-order chi connectivity index (χ1) is 58.1. The number of hydrogen-bond donors (Lipinski definition) is 0. The maximum atomic E-state index is 2.32. The summed E-state index contributed by atoms with van der Waals surface area (Å²) in [5.41, 5.74) is 30.0. The maximum absolute atomic E-state index is 2.32. The lowest BCUT2D eigenvalue weighted by Gasteiger charge is -2.39. The molecule has 0 unspecified atom stereocenters. The van der Waals surface area contributed by atoms with Gasteiger partial charge < -0.3 is 0 Å². The zero-order valence-electron chi connectivity index (χ0n) is 75.3. The van der Waals surface area contributed by atoms with Gasteiger partial charge in [0, 0.05) is 50.1 Å². The minimum absolute atomic E-state index is 0.860. The molecule has 15 aromatic rings. The summed E-state index contributed by atoms with van der Waals surface area (Å²) >= 11 is 0. The fourth-order valence-electron chi connectivity index (χ4n) is 16.0. The number of hydrogen-bond acceptors (Lipinski definition) is 0. The second-order valence-corrected chi connectivity index (χ2v) is 35.4. The molecule has 0 bridgehead atoms. The van der Waals surface area contributed by atoms with Gasteiger partial charge in [-0.25, -0.2) is 0 Å². The van der Waals surface area contributed by atoms with E-state index in [1.165, 1.54) is 123 Å². The van der Waals surface area contributed by atoms with Crippen LogP contribution < -0.4 is 26.9 Å². The molecule has 0 aliphatic rings. The lowest BCUT2D eigenvalue weighted by Crippen LogP contribution is -2.47. The van der Waals surface area contributed by atoms with E-state index in [1.807, 2.05) is 0 Å². The third kappa shape index (κ3) is 28.6. The number of aryl methyl sites for hydroxylation is 6. The van der Waals surface area contributed by atoms with Crippen molar-refractivity contribution < 1.29 is 0 Å². The van der Waals surface area contributed by atoms with E-state index >= 15 is 0 Å². The van der Waals surface area contributed by atoms with Crippen LogP contribution in [-0.4, -0.2) is 63.4 Å². The second-order valence-electron chi connectivity index (χ2n) is 35.4. The average Bonchev–Trinajstić information content (AvgIpc) is 0.784. The topological polar surface area (TPSA) is 0 Å². The van der Waals surface area contributed by atoms with E-state index < -0.39 is 0 Å². The van der Waals surface area contributed by atoms with E-state index in [4.69, 9.17) is 0 Å². The third-order valence-electron chi connectivity index (χ3n) is 23.3. The van der Waals surface area contributed by atoms with Crippen molar-refractivity contribution in [2.45, 2.75) is 107 Å². The molecule has 618 valence electrons. The number of nitrogens with zero attached hydrogens (tertiary/aromatic N) is 6. The summed E-state index contributed by atoms with van der Waals surface area (Å²) in [5.74, 6) is 0. The van der Waals surface area contributed by atoms with Gasteiger partial charge in [-0.1, -0.05) is 351 Å². The molecule has 15 rings (SSSR count). The normalized spacial score (nSPS) is 11.4. The molecule has 0 aliphatic heterocycles. The van der Waals surface area contributed by atoms with E-state index in [0.29, 0.717) is 0 Å². The van der Waals surface area contributed by atoms with Crippen molar-refractivity contribution in [3.63, 3.8) is 0 Å². The molecule has 0 radical (unpaired) electrons.